The quantitative estimate of drug-likeness (QED) is 0.572. The molecule has 0 unspecified atom stereocenters. The van der Waals surface area contributed by atoms with Crippen LogP contribution in [0.1, 0.15) is 20.8 Å². The van der Waals surface area contributed by atoms with Crippen molar-refractivity contribution in [1.29, 1.82) is 0 Å². The van der Waals surface area contributed by atoms with Gasteiger partial charge in [0, 0.05) is 5.54 Å². The molecule has 0 aliphatic heterocycles. The summed E-state index contributed by atoms with van der Waals surface area (Å²) < 4.78 is 1.41. The number of rotatable bonds is 0. The molecular formula is C9H13N5O2. The fourth-order valence-corrected chi connectivity index (χ4v) is 1.63. The number of nitrogen functional groups attached to an aromatic ring is 1. The van der Waals surface area contributed by atoms with Crippen LogP contribution in [0.25, 0.3) is 11.2 Å². The summed E-state index contributed by atoms with van der Waals surface area (Å²) in [7, 11) is 0. The zero-order chi connectivity index (χ0) is 12.1. The monoisotopic (exact) mass is 223 g/mol. The Hall–Kier alpha value is -2.05. The van der Waals surface area contributed by atoms with Gasteiger partial charge in [0.25, 0.3) is 5.56 Å². The van der Waals surface area contributed by atoms with Crippen LogP contribution in [0, 0.1) is 0 Å². The van der Waals surface area contributed by atoms with Crippen molar-refractivity contribution in [2.75, 3.05) is 5.73 Å². The normalized spacial score (nSPS) is 12.2. The van der Waals surface area contributed by atoms with E-state index in [4.69, 9.17) is 5.73 Å². The SMILES string of the molecule is CC(C)(C)n1c(=O)[nH]c2c(=O)[nH]c(N)nc21. The lowest BCUT2D eigenvalue weighted by Crippen LogP contribution is -2.32. The first-order chi connectivity index (χ1) is 7.30. The number of fused-ring (bicyclic) bond motifs is 1. The van der Waals surface area contributed by atoms with E-state index >= 15 is 0 Å². The van der Waals surface area contributed by atoms with E-state index < -0.39 is 11.1 Å². The highest BCUT2D eigenvalue weighted by Gasteiger charge is 2.21. The Morgan fingerprint density at radius 2 is 1.88 bits per heavy atom. The van der Waals surface area contributed by atoms with Crippen LogP contribution in [-0.2, 0) is 5.54 Å². The summed E-state index contributed by atoms with van der Waals surface area (Å²) in [6.07, 6.45) is 0. The van der Waals surface area contributed by atoms with Gasteiger partial charge in [-0.2, -0.15) is 4.98 Å². The first kappa shape index (κ1) is 10.5. The van der Waals surface area contributed by atoms with Crippen molar-refractivity contribution in [3.05, 3.63) is 20.8 Å². The number of anilines is 1. The van der Waals surface area contributed by atoms with E-state index in [-0.39, 0.29) is 22.8 Å². The third-order valence-electron chi connectivity index (χ3n) is 2.24. The number of aromatic nitrogens is 4. The van der Waals surface area contributed by atoms with Crippen LogP contribution < -0.4 is 17.0 Å². The maximum atomic E-state index is 11.7. The second kappa shape index (κ2) is 2.97. The number of hydrogen-bond acceptors (Lipinski definition) is 4. The topological polar surface area (TPSA) is 110 Å². The van der Waals surface area contributed by atoms with Gasteiger partial charge >= 0.3 is 5.69 Å². The van der Waals surface area contributed by atoms with Crippen molar-refractivity contribution in [1.82, 2.24) is 19.5 Å². The van der Waals surface area contributed by atoms with Crippen molar-refractivity contribution in [2.45, 2.75) is 26.3 Å². The summed E-state index contributed by atoms with van der Waals surface area (Å²) in [6, 6.07) is 0. The summed E-state index contributed by atoms with van der Waals surface area (Å²) in [5.74, 6) is -0.00509. The highest BCUT2D eigenvalue weighted by Crippen LogP contribution is 2.15. The average Bonchev–Trinajstić information content (AvgIpc) is 2.40. The standard InChI is InChI=1S/C9H13N5O2/c1-9(2,3)14-5-4(11-8(14)16)6(15)13-7(10)12-5/h1-3H3,(H,11,16)(H3,10,12,13,15). The Balaban J connectivity index is 3.01. The average molecular weight is 223 g/mol. The third-order valence-corrected chi connectivity index (χ3v) is 2.24. The molecule has 16 heavy (non-hydrogen) atoms. The minimum Gasteiger partial charge on any atom is -0.369 e. The molecule has 0 aliphatic carbocycles. The number of nitrogens with one attached hydrogen (secondary N) is 2. The van der Waals surface area contributed by atoms with Crippen molar-refractivity contribution >= 4 is 17.1 Å². The van der Waals surface area contributed by atoms with Gasteiger partial charge in [-0.25, -0.2) is 4.79 Å². The molecule has 0 bridgehead atoms. The highest BCUT2D eigenvalue weighted by atomic mass is 16.2. The predicted molar refractivity (Wildman–Crippen MR) is 60.4 cm³/mol. The molecule has 2 rings (SSSR count). The predicted octanol–water partition coefficient (Wildman–Crippen LogP) is -0.250. The van der Waals surface area contributed by atoms with Gasteiger partial charge in [0.05, 0.1) is 0 Å². The summed E-state index contributed by atoms with van der Waals surface area (Å²) in [5, 5.41) is 0. The lowest BCUT2D eigenvalue weighted by atomic mass is 10.1. The first-order valence-electron chi connectivity index (χ1n) is 4.81. The summed E-state index contributed by atoms with van der Waals surface area (Å²) in [4.78, 5) is 32.0. The molecular weight excluding hydrogens is 210 g/mol. The van der Waals surface area contributed by atoms with Gasteiger partial charge in [-0.15, -0.1) is 0 Å². The molecule has 7 heteroatoms. The molecule has 0 aromatic carbocycles. The summed E-state index contributed by atoms with van der Waals surface area (Å²) in [6.45, 7) is 5.54. The number of aromatic amines is 2. The molecule has 0 fully saturated rings. The van der Waals surface area contributed by atoms with Gasteiger partial charge in [-0.1, -0.05) is 0 Å². The van der Waals surface area contributed by atoms with Crippen molar-refractivity contribution in [3.63, 3.8) is 0 Å². The molecule has 2 heterocycles. The molecule has 0 amide bonds. The number of H-pyrrole nitrogens is 2. The molecule has 7 nitrogen and oxygen atoms in total. The van der Waals surface area contributed by atoms with Crippen LogP contribution in [0.3, 0.4) is 0 Å². The molecule has 0 atom stereocenters. The van der Waals surface area contributed by atoms with Crippen molar-refractivity contribution in [2.24, 2.45) is 0 Å². The van der Waals surface area contributed by atoms with Gasteiger partial charge in [-0.05, 0) is 20.8 Å². The Morgan fingerprint density at radius 1 is 1.25 bits per heavy atom. The fourth-order valence-electron chi connectivity index (χ4n) is 1.63. The lowest BCUT2D eigenvalue weighted by Gasteiger charge is -2.19. The molecule has 86 valence electrons. The van der Waals surface area contributed by atoms with Gasteiger partial charge in [0.1, 0.15) is 0 Å². The smallest absolute Gasteiger partial charge is 0.328 e. The minimum atomic E-state index is -0.470. The van der Waals surface area contributed by atoms with Crippen LogP contribution in [0.5, 0.6) is 0 Å². The zero-order valence-electron chi connectivity index (χ0n) is 9.29. The van der Waals surface area contributed by atoms with Gasteiger partial charge in [0.2, 0.25) is 5.95 Å². The Bertz CT molecular complexity index is 655. The van der Waals surface area contributed by atoms with Crippen LogP contribution in [-0.4, -0.2) is 19.5 Å². The van der Waals surface area contributed by atoms with Crippen LogP contribution >= 0.6 is 0 Å². The molecule has 4 N–H and O–H groups in total. The van der Waals surface area contributed by atoms with Crippen LogP contribution in [0.2, 0.25) is 0 Å². The van der Waals surface area contributed by atoms with E-state index in [1.807, 2.05) is 20.8 Å². The number of nitrogens with zero attached hydrogens (tertiary/aromatic N) is 2. The Kier molecular flexibility index (Phi) is 1.94. The fraction of sp³-hybridized carbons (Fsp3) is 0.444. The van der Waals surface area contributed by atoms with E-state index in [0.717, 1.165) is 0 Å². The van der Waals surface area contributed by atoms with E-state index in [9.17, 15) is 9.59 Å². The Labute approximate surface area is 90.3 Å². The second-order valence-corrected chi connectivity index (χ2v) is 4.59. The first-order valence-corrected chi connectivity index (χ1v) is 4.81. The molecule has 0 radical (unpaired) electrons. The maximum Gasteiger partial charge on any atom is 0.328 e. The van der Waals surface area contributed by atoms with Crippen LogP contribution in [0.15, 0.2) is 9.59 Å². The minimum absolute atomic E-state index is 0.00509. The van der Waals surface area contributed by atoms with E-state index in [1.165, 1.54) is 4.57 Å². The highest BCUT2D eigenvalue weighted by molar-refractivity contribution is 5.70. The lowest BCUT2D eigenvalue weighted by molar-refractivity contribution is 0.395. The molecule has 0 aliphatic rings. The van der Waals surface area contributed by atoms with E-state index in [1.54, 1.807) is 0 Å². The van der Waals surface area contributed by atoms with E-state index in [0.29, 0.717) is 0 Å². The largest absolute Gasteiger partial charge is 0.369 e. The molecule has 2 aromatic rings. The number of nitrogens with two attached hydrogens (primary N) is 1. The van der Waals surface area contributed by atoms with Gasteiger partial charge in [-0.3, -0.25) is 19.3 Å². The molecule has 0 saturated carbocycles. The maximum absolute atomic E-state index is 11.7. The Morgan fingerprint density at radius 3 is 2.44 bits per heavy atom. The second-order valence-electron chi connectivity index (χ2n) is 4.59. The number of imidazole rings is 1. The van der Waals surface area contributed by atoms with Crippen LogP contribution in [0.4, 0.5) is 5.95 Å². The molecule has 2 aromatic heterocycles. The zero-order valence-corrected chi connectivity index (χ0v) is 9.29. The van der Waals surface area contributed by atoms with Crippen molar-refractivity contribution in [3.8, 4) is 0 Å². The molecule has 0 spiro atoms. The van der Waals surface area contributed by atoms with Gasteiger partial charge < -0.3 is 5.73 Å². The summed E-state index contributed by atoms with van der Waals surface area (Å²) in [5.41, 5.74) is 4.59. The van der Waals surface area contributed by atoms with E-state index in [2.05, 4.69) is 15.0 Å². The van der Waals surface area contributed by atoms with Crippen molar-refractivity contribution < 1.29 is 0 Å². The number of hydrogen-bond donors (Lipinski definition) is 3. The summed E-state index contributed by atoms with van der Waals surface area (Å²) >= 11 is 0. The third kappa shape index (κ3) is 1.40. The van der Waals surface area contributed by atoms with Gasteiger partial charge in [0.15, 0.2) is 11.2 Å². The molecule has 0 saturated heterocycles.